The average molecular weight is 353 g/mol. The third-order valence-electron chi connectivity index (χ3n) is 3.54. The van der Waals surface area contributed by atoms with Crippen LogP contribution in [0, 0.1) is 0 Å². The zero-order valence-electron chi connectivity index (χ0n) is 13.9. The molecule has 6 heteroatoms. The molecule has 0 saturated heterocycles. The van der Waals surface area contributed by atoms with Crippen LogP contribution in [-0.4, -0.2) is 41.4 Å². The molecule has 0 spiro atoms. The number of nitrogens with zero attached hydrogens (tertiary/aromatic N) is 4. The first-order valence-electron chi connectivity index (χ1n) is 7.70. The van der Waals surface area contributed by atoms with E-state index in [4.69, 9.17) is 11.6 Å². The molecule has 3 rings (SSSR count). The molecular weight excluding hydrogens is 336 g/mol. The number of carbonyl (C=O) groups is 1. The van der Waals surface area contributed by atoms with Gasteiger partial charge < -0.3 is 4.90 Å². The first-order valence-corrected chi connectivity index (χ1v) is 8.08. The van der Waals surface area contributed by atoms with Crippen molar-refractivity contribution in [1.82, 2.24) is 14.7 Å². The molecule has 0 saturated carbocycles. The maximum absolute atomic E-state index is 11.8. The van der Waals surface area contributed by atoms with Gasteiger partial charge in [-0.25, -0.2) is 9.67 Å². The molecule has 0 unspecified atom stereocenters. The van der Waals surface area contributed by atoms with E-state index in [0.29, 0.717) is 22.1 Å². The summed E-state index contributed by atoms with van der Waals surface area (Å²) in [5.41, 5.74) is 2.64. The molecule has 1 heterocycles. The number of para-hydroxylation sites is 1. The van der Waals surface area contributed by atoms with E-state index in [9.17, 15) is 4.79 Å². The predicted molar refractivity (Wildman–Crippen MR) is 101 cm³/mol. The van der Waals surface area contributed by atoms with E-state index in [2.05, 4.69) is 10.1 Å². The minimum atomic E-state index is 0.435. The number of aldehydes is 1. The Morgan fingerprint density at radius 3 is 2.36 bits per heavy atom. The number of hydrogen-bond donors (Lipinski definition) is 0. The molecule has 0 radical (unpaired) electrons. The van der Waals surface area contributed by atoms with E-state index >= 15 is 0 Å². The fourth-order valence-corrected chi connectivity index (χ4v) is 2.52. The first-order chi connectivity index (χ1) is 12.1. The van der Waals surface area contributed by atoms with Gasteiger partial charge in [-0.05, 0) is 24.3 Å². The Balaban J connectivity index is 2.23. The zero-order chi connectivity index (χ0) is 17.8. The van der Waals surface area contributed by atoms with Crippen LogP contribution in [0.5, 0.6) is 0 Å². The van der Waals surface area contributed by atoms with Gasteiger partial charge in [0.2, 0.25) is 0 Å². The van der Waals surface area contributed by atoms with Gasteiger partial charge in [-0.15, -0.1) is 0 Å². The summed E-state index contributed by atoms with van der Waals surface area (Å²) in [6, 6.07) is 16.8. The molecule has 3 aromatic rings. The van der Waals surface area contributed by atoms with Gasteiger partial charge in [-0.1, -0.05) is 41.9 Å². The van der Waals surface area contributed by atoms with Crippen LogP contribution >= 0.6 is 11.6 Å². The van der Waals surface area contributed by atoms with E-state index < -0.39 is 0 Å². The molecule has 0 aliphatic carbocycles. The normalized spacial score (nSPS) is 11.0. The second-order valence-corrected chi connectivity index (χ2v) is 6.10. The van der Waals surface area contributed by atoms with E-state index in [-0.39, 0.29) is 0 Å². The van der Waals surface area contributed by atoms with Gasteiger partial charge in [-0.2, -0.15) is 5.10 Å². The Hall–Kier alpha value is -2.92. The average Bonchev–Trinajstić information content (AvgIpc) is 2.99. The smallest absolute Gasteiger partial charge is 0.168 e. The monoisotopic (exact) mass is 352 g/mol. The molecule has 0 bridgehead atoms. The number of rotatable bonds is 5. The highest BCUT2D eigenvalue weighted by Crippen LogP contribution is 2.32. The van der Waals surface area contributed by atoms with Gasteiger partial charge in [0.15, 0.2) is 12.1 Å². The summed E-state index contributed by atoms with van der Waals surface area (Å²) in [6.07, 6.45) is 2.44. The van der Waals surface area contributed by atoms with E-state index in [1.54, 1.807) is 28.1 Å². The van der Waals surface area contributed by atoms with Crippen molar-refractivity contribution in [3.8, 4) is 16.9 Å². The maximum Gasteiger partial charge on any atom is 0.168 e. The Labute approximate surface area is 151 Å². The minimum Gasteiger partial charge on any atom is -0.369 e. The van der Waals surface area contributed by atoms with Crippen molar-refractivity contribution in [3.63, 3.8) is 0 Å². The standard InChI is InChI=1S/C19H17ClN4O/c1-23(2)13-21-19-17(12-25)18(14-8-10-15(20)11-9-14)22-24(19)16-6-4-3-5-7-16/h3-13H,1-2H3/b21-13+. The van der Waals surface area contributed by atoms with Crippen molar-refractivity contribution in [2.45, 2.75) is 0 Å². The van der Waals surface area contributed by atoms with E-state index in [0.717, 1.165) is 17.5 Å². The van der Waals surface area contributed by atoms with Crippen molar-refractivity contribution in [2.75, 3.05) is 14.1 Å². The summed E-state index contributed by atoms with van der Waals surface area (Å²) in [6.45, 7) is 0. The summed E-state index contributed by atoms with van der Waals surface area (Å²) in [4.78, 5) is 18.1. The highest BCUT2D eigenvalue weighted by Gasteiger charge is 2.19. The molecule has 126 valence electrons. The minimum absolute atomic E-state index is 0.435. The number of benzene rings is 2. The van der Waals surface area contributed by atoms with Crippen molar-refractivity contribution < 1.29 is 4.79 Å². The summed E-state index contributed by atoms with van der Waals surface area (Å²) in [7, 11) is 3.74. The van der Waals surface area contributed by atoms with Crippen LogP contribution in [0.15, 0.2) is 59.6 Å². The number of hydrogen-bond acceptors (Lipinski definition) is 3. The van der Waals surface area contributed by atoms with Crippen LogP contribution < -0.4 is 0 Å². The van der Waals surface area contributed by atoms with Crippen molar-refractivity contribution in [1.29, 1.82) is 0 Å². The van der Waals surface area contributed by atoms with Crippen LogP contribution in [0.1, 0.15) is 10.4 Å². The lowest BCUT2D eigenvalue weighted by Gasteiger charge is -2.06. The molecule has 0 atom stereocenters. The van der Waals surface area contributed by atoms with Gasteiger partial charge in [0.05, 0.1) is 17.6 Å². The van der Waals surface area contributed by atoms with Crippen LogP contribution in [0.2, 0.25) is 5.02 Å². The second kappa shape index (κ2) is 7.32. The van der Waals surface area contributed by atoms with Crippen LogP contribution in [0.3, 0.4) is 0 Å². The molecule has 0 N–H and O–H groups in total. The SMILES string of the molecule is CN(C)/C=N/c1c(C=O)c(-c2ccc(Cl)cc2)nn1-c1ccccc1. The predicted octanol–water partition coefficient (Wildman–Crippen LogP) is 4.23. The molecular formula is C19H17ClN4O. The molecule has 5 nitrogen and oxygen atoms in total. The van der Waals surface area contributed by atoms with Gasteiger partial charge in [-0.3, -0.25) is 4.79 Å². The van der Waals surface area contributed by atoms with Crippen LogP contribution in [0.25, 0.3) is 16.9 Å². The van der Waals surface area contributed by atoms with Crippen molar-refractivity contribution in [3.05, 3.63) is 65.2 Å². The van der Waals surface area contributed by atoms with Crippen LogP contribution in [0.4, 0.5) is 5.82 Å². The Bertz CT molecular complexity index is 899. The lowest BCUT2D eigenvalue weighted by molar-refractivity contribution is 0.112. The lowest BCUT2D eigenvalue weighted by atomic mass is 10.1. The number of halogens is 1. The fraction of sp³-hybridized carbons (Fsp3) is 0.105. The topological polar surface area (TPSA) is 50.5 Å². The molecule has 0 fully saturated rings. The van der Waals surface area contributed by atoms with Gasteiger partial charge in [0.1, 0.15) is 5.69 Å². The zero-order valence-corrected chi connectivity index (χ0v) is 14.7. The summed E-state index contributed by atoms with van der Waals surface area (Å²) >= 11 is 5.97. The van der Waals surface area contributed by atoms with E-state index in [1.807, 2.05) is 56.6 Å². The number of carbonyl (C=O) groups excluding carboxylic acids is 1. The fourth-order valence-electron chi connectivity index (χ4n) is 2.39. The Kier molecular flexibility index (Phi) is 4.95. The third kappa shape index (κ3) is 3.61. The maximum atomic E-state index is 11.8. The van der Waals surface area contributed by atoms with Gasteiger partial charge >= 0.3 is 0 Å². The highest BCUT2D eigenvalue weighted by molar-refractivity contribution is 6.30. The van der Waals surface area contributed by atoms with Crippen LogP contribution in [-0.2, 0) is 0 Å². The molecule has 0 amide bonds. The summed E-state index contributed by atoms with van der Waals surface area (Å²) in [5.74, 6) is 0.486. The highest BCUT2D eigenvalue weighted by atomic mass is 35.5. The first kappa shape index (κ1) is 16.9. The summed E-state index contributed by atoms with van der Waals surface area (Å²) in [5, 5.41) is 5.27. The Morgan fingerprint density at radius 1 is 1.08 bits per heavy atom. The second-order valence-electron chi connectivity index (χ2n) is 5.67. The number of aliphatic imine (C=N–C) groups is 1. The molecule has 0 aliphatic heterocycles. The third-order valence-corrected chi connectivity index (χ3v) is 3.80. The lowest BCUT2D eigenvalue weighted by Crippen LogP contribution is -2.07. The Morgan fingerprint density at radius 2 is 1.76 bits per heavy atom. The van der Waals surface area contributed by atoms with E-state index in [1.165, 1.54) is 0 Å². The molecule has 25 heavy (non-hydrogen) atoms. The number of aromatic nitrogens is 2. The summed E-state index contributed by atoms with van der Waals surface area (Å²) < 4.78 is 1.67. The van der Waals surface area contributed by atoms with Crippen molar-refractivity contribution >= 4 is 30.0 Å². The largest absolute Gasteiger partial charge is 0.369 e. The van der Waals surface area contributed by atoms with Gasteiger partial charge in [0.25, 0.3) is 0 Å². The molecule has 0 aliphatic rings. The molecule has 2 aromatic carbocycles. The van der Waals surface area contributed by atoms with Gasteiger partial charge in [0, 0.05) is 24.7 Å². The van der Waals surface area contributed by atoms with Crippen molar-refractivity contribution in [2.24, 2.45) is 4.99 Å². The quantitative estimate of drug-likeness (QED) is 0.392. The molecule has 1 aromatic heterocycles.